The number of phenols is 1. The Morgan fingerprint density at radius 3 is 1.48 bits per heavy atom. The summed E-state index contributed by atoms with van der Waals surface area (Å²) < 4.78 is 0. The van der Waals surface area contributed by atoms with Crippen LogP contribution in [0.1, 0.15) is 49.9 Å². The molecular formula is C54H45NO. The highest BCUT2D eigenvalue weighted by Gasteiger charge is 2.38. The summed E-state index contributed by atoms with van der Waals surface area (Å²) in [6, 6.07) is 66.1. The molecule has 0 radical (unpaired) electrons. The van der Waals surface area contributed by atoms with E-state index < -0.39 is 0 Å². The van der Waals surface area contributed by atoms with Gasteiger partial charge in [-0.2, -0.15) is 0 Å². The van der Waals surface area contributed by atoms with Crippen LogP contribution < -0.4 is 5.32 Å². The molecule has 0 spiro atoms. The zero-order chi connectivity index (χ0) is 38.4. The predicted octanol–water partition coefficient (Wildman–Crippen LogP) is 14.4. The van der Waals surface area contributed by atoms with E-state index in [9.17, 15) is 5.11 Å². The maximum Gasteiger partial charge on any atom is 0.131 e. The number of nitrogens with one attached hydrogen (secondary N) is 1. The van der Waals surface area contributed by atoms with E-state index in [1.54, 1.807) is 0 Å². The maximum atomic E-state index is 10.9. The second kappa shape index (κ2) is 13.9. The third-order valence-electron chi connectivity index (χ3n) is 11.9. The summed E-state index contributed by atoms with van der Waals surface area (Å²) in [6.45, 7) is 9.11. The van der Waals surface area contributed by atoms with E-state index in [0.29, 0.717) is 5.75 Å². The number of aromatic hydroxyl groups is 1. The first kappa shape index (κ1) is 35.1. The molecule has 0 amide bonds. The number of rotatable bonds is 5. The van der Waals surface area contributed by atoms with Crippen molar-refractivity contribution in [3.63, 3.8) is 0 Å². The summed E-state index contributed by atoms with van der Waals surface area (Å²) in [5, 5.41) is 14.5. The molecule has 0 saturated heterocycles. The zero-order valence-corrected chi connectivity index (χ0v) is 32.3. The smallest absolute Gasteiger partial charge is 0.131 e. The SMILES string of the molecule is CC1(C)c2ccccc2-c2c(-c3cccc(Nc4ccc(-c5ccccc5)cc4)c3)cccc21.CC1(C)c2ccccc2-c2c1ccc(-c1ccccc1)c2O. The molecule has 8 aromatic rings. The van der Waals surface area contributed by atoms with Crippen LogP contribution in [0.25, 0.3) is 55.6 Å². The van der Waals surface area contributed by atoms with Crippen molar-refractivity contribution < 1.29 is 5.11 Å². The van der Waals surface area contributed by atoms with Crippen molar-refractivity contribution in [3.8, 4) is 61.4 Å². The van der Waals surface area contributed by atoms with Gasteiger partial charge in [0, 0.05) is 33.3 Å². The molecule has 272 valence electrons. The highest BCUT2D eigenvalue weighted by Crippen LogP contribution is 2.54. The summed E-state index contributed by atoms with van der Waals surface area (Å²) >= 11 is 0. The number of fused-ring (bicyclic) bond motifs is 6. The Kier molecular flexibility index (Phi) is 8.70. The molecule has 2 N–H and O–H groups in total. The van der Waals surface area contributed by atoms with Crippen LogP contribution in [0.15, 0.2) is 188 Å². The van der Waals surface area contributed by atoms with Crippen LogP contribution in [0.2, 0.25) is 0 Å². The first-order chi connectivity index (χ1) is 27.2. The van der Waals surface area contributed by atoms with Gasteiger partial charge in [0.25, 0.3) is 0 Å². The molecule has 0 unspecified atom stereocenters. The summed E-state index contributed by atoms with van der Waals surface area (Å²) in [4.78, 5) is 0. The second-order valence-corrected chi connectivity index (χ2v) is 16.0. The topological polar surface area (TPSA) is 32.3 Å². The highest BCUT2D eigenvalue weighted by molar-refractivity contribution is 5.93. The first-order valence-corrected chi connectivity index (χ1v) is 19.5. The third-order valence-corrected chi connectivity index (χ3v) is 11.9. The van der Waals surface area contributed by atoms with Gasteiger partial charge in [-0.3, -0.25) is 0 Å². The standard InChI is InChI=1S/C33H27N.C21H18O/c1-33(2)30-16-7-6-14-29(30)32-28(15-9-17-31(32)33)25-12-8-13-27(22-25)34-26-20-18-24(19-21-26)23-10-4-3-5-11-23;1-21(2)17-11-7-6-10-16(17)19-18(21)13-12-15(20(19)22)14-8-4-3-5-9-14/h3-22,34H,1-2H3;3-13,22H,1-2H3. The van der Waals surface area contributed by atoms with Crippen molar-refractivity contribution in [2.45, 2.75) is 38.5 Å². The van der Waals surface area contributed by atoms with Crippen molar-refractivity contribution in [2.24, 2.45) is 0 Å². The van der Waals surface area contributed by atoms with Crippen molar-refractivity contribution in [2.75, 3.05) is 5.32 Å². The Labute approximate surface area is 330 Å². The first-order valence-electron chi connectivity index (χ1n) is 19.5. The van der Waals surface area contributed by atoms with E-state index in [1.165, 1.54) is 55.6 Å². The lowest BCUT2D eigenvalue weighted by Gasteiger charge is -2.21. The van der Waals surface area contributed by atoms with Crippen molar-refractivity contribution in [1.82, 2.24) is 0 Å². The Bertz CT molecular complexity index is 2710. The molecule has 8 aromatic carbocycles. The maximum absolute atomic E-state index is 10.9. The second-order valence-electron chi connectivity index (χ2n) is 16.0. The monoisotopic (exact) mass is 723 g/mol. The van der Waals surface area contributed by atoms with Gasteiger partial charge in [-0.15, -0.1) is 0 Å². The van der Waals surface area contributed by atoms with E-state index in [1.807, 2.05) is 48.5 Å². The zero-order valence-electron chi connectivity index (χ0n) is 32.3. The molecule has 2 heteroatoms. The number of hydrogen-bond acceptors (Lipinski definition) is 2. The van der Waals surface area contributed by atoms with Gasteiger partial charge < -0.3 is 10.4 Å². The van der Waals surface area contributed by atoms with Gasteiger partial charge >= 0.3 is 0 Å². The minimum atomic E-state index is -0.0708. The van der Waals surface area contributed by atoms with E-state index in [0.717, 1.165) is 33.6 Å². The average molecular weight is 724 g/mol. The highest BCUT2D eigenvalue weighted by atomic mass is 16.3. The van der Waals surface area contributed by atoms with Crippen LogP contribution in [0.5, 0.6) is 5.75 Å². The summed E-state index contributed by atoms with van der Waals surface area (Å²) in [6.07, 6.45) is 0. The van der Waals surface area contributed by atoms with E-state index >= 15 is 0 Å². The number of phenolic OH excluding ortho intramolecular Hbond substituents is 1. The van der Waals surface area contributed by atoms with Crippen LogP contribution in [0.3, 0.4) is 0 Å². The fraction of sp³-hybridized carbons (Fsp3) is 0.111. The normalized spacial score (nSPS) is 13.7. The lowest BCUT2D eigenvalue weighted by Crippen LogP contribution is -2.14. The van der Waals surface area contributed by atoms with Crippen LogP contribution in [0.4, 0.5) is 11.4 Å². The Balaban J connectivity index is 0.000000161. The van der Waals surface area contributed by atoms with Crippen LogP contribution in [-0.4, -0.2) is 5.11 Å². The quantitative estimate of drug-likeness (QED) is 0.185. The lowest BCUT2D eigenvalue weighted by molar-refractivity contribution is 0.478. The van der Waals surface area contributed by atoms with Crippen LogP contribution in [0, 0.1) is 0 Å². The molecular weight excluding hydrogens is 679 g/mol. The van der Waals surface area contributed by atoms with Gasteiger partial charge in [0.05, 0.1) is 0 Å². The third kappa shape index (κ3) is 5.99. The number of hydrogen-bond donors (Lipinski definition) is 2. The molecule has 2 aliphatic rings. The van der Waals surface area contributed by atoms with Crippen LogP contribution in [-0.2, 0) is 10.8 Å². The van der Waals surface area contributed by atoms with E-state index in [-0.39, 0.29) is 10.8 Å². The molecule has 0 saturated carbocycles. The summed E-state index contributed by atoms with van der Waals surface area (Å²) in [7, 11) is 0. The summed E-state index contributed by atoms with van der Waals surface area (Å²) in [5.74, 6) is 0.390. The van der Waals surface area contributed by atoms with Gasteiger partial charge in [0.15, 0.2) is 0 Å². The van der Waals surface area contributed by atoms with Gasteiger partial charge in [0.1, 0.15) is 5.75 Å². The molecule has 0 atom stereocenters. The van der Waals surface area contributed by atoms with E-state index in [2.05, 4.69) is 173 Å². The largest absolute Gasteiger partial charge is 0.507 e. The molecule has 0 heterocycles. The lowest BCUT2D eigenvalue weighted by atomic mass is 9.82. The van der Waals surface area contributed by atoms with Gasteiger partial charge in [0.2, 0.25) is 0 Å². The Morgan fingerprint density at radius 1 is 0.339 bits per heavy atom. The molecule has 0 aromatic heterocycles. The minimum absolute atomic E-state index is 0.0122. The molecule has 0 fully saturated rings. The van der Waals surface area contributed by atoms with Crippen molar-refractivity contribution in [3.05, 3.63) is 210 Å². The Hall–Kier alpha value is -6.64. The summed E-state index contributed by atoms with van der Waals surface area (Å²) in [5.41, 5.74) is 19.2. The molecule has 2 aliphatic carbocycles. The molecule has 56 heavy (non-hydrogen) atoms. The molecule has 0 aliphatic heterocycles. The van der Waals surface area contributed by atoms with Crippen molar-refractivity contribution >= 4 is 11.4 Å². The molecule has 0 bridgehead atoms. The molecule has 2 nitrogen and oxygen atoms in total. The average Bonchev–Trinajstić information content (AvgIpc) is 3.62. The number of benzene rings is 8. The van der Waals surface area contributed by atoms with Gasteiger partial charge in [-0.05, 0) is 91.0 Å². The predicted molar refractivity (Wildman–Crippen MR) is 236 cm³/mol. The van der Waals surface area contributed by atoms with Crippen LogP contribution >= 0.6 is 0 Å². The van der Waals surface area contributed by atoms with Crippen molar-refractivity contribution in [1.29, 1.82) is 0 Å². The van der Waals surface area contributed by atoms with E-state index in [4.69, 9.17) is 0 Å². The molecule has 10 rings (SSSR count). The van der Waals surface area contributed by atoms with Gasteiger partial charge in [-0.25, -0.2) is 0 Å². The van der Waals surface area contributed by atoms with Gasteiger partial charge in [-0.1, -0.05) is 191 Å². The minimum Gasteiger partial charge on any atom is -0.507 e. The fourth-order valence-electron chi connectivity index (χ4n) is 8.93. The fourth-order valence-corrected chi connectivity index (χ4v) is 8.93. The number of anilines is 2. The Morgan fingerprint density at radius 2 is 0.821 bits per heavy atom.